The van der Waals surface area contributed by atoms with Crippen LogP contribution < -0.4 is 4.90 Å². The summed E-state index contributed by atoms with van der Waals surface area (Å²) >= 11 is 0. The Hall–Kier alpha value is -1.09. The molecule has 1 fully saturated rings. The van der Waals surface area contributed by atoms with Crippen molar-refractivity contribution in [2.75, 3.05) is 18.0 Å². The molecule has 0 amide bonds. The van der Waals surface area contributed by atoms with E-state index in [9.17, 15) is 0 Å². The number of hydrogen-bond acceptors (Lipinski definition) is 3. The largest absolute Gasteiger partial charge is 0.372 e. The van der Waals surface area contributed by atoms with Gasteiger partial charge in [0.05, 0.1) is 12.2 Å². The molecule has 17 heavy (non-hydrogen) atoms. The molecule has 3 heteroatoms. The molecular weight excluding hydrogens is 212 g/mol. The molecule has 1 aromatic rings. The summed E-state index contributed by atoms with van der Waals surface area (Å²) < 4.78 is 5.67. The highest BCUT2D eigenvalue weighted by atomic mass is 16.5. The number of anilines is 1. The molecule has 1 aliphatic rings. The lowest BCUT2D eigenvalue weighted by Gasteiger charge is -2.35. The highest BCUT2D eigenvalue weighted by Crippen LogP contribution is 2.17. The van der Waals surface area contributed by atoms with Gasteiger partial charge in [0.25, 0.3) is 0 Å². The molecule has 0 radical (unpaired) electrons. The third-order valence-corrected chi connectivity index (χ3v) is 2.39. The van der Waals surface area contributed by atoms with E-state index < -0.39 is 0 Å². The maximum Gasteiger partial charge on any atom is 0.128 e. The van der Waals surface area contributed by atoms with E-state index in [2.05, 4.69) is 37.6 Å². The normalized spacial score (nSPS) is 23.9. The van der Waals surface area contributed by atoms with Crippen LogP contribution in [0.5, 0.6) is 0 Å². The highest BCUT2D eigenvalue weighted by molar-refractivity contribution is 5.38. The fourth-order valence-electron chi connectivity index (χ4n) is 1.91. The van der Waals surface area contributed by atoms with E-state index in [1.54, 1.807) is 0 Å². The van der Waals surface area contributed by atoms with Crippen molar-refractivity contribution >= 4 is 5.82 Å². The van der Waals surface area contributed by atoms with E-state index in [1.165, 1.54) is 6.42 Å². The molecule has 0 N–H and O–H groups in total. The Morgan fingerprint density at radius 1 is 1.24 bits per heavy atom. The summed E-state index contributed by atoms with van der Waals surface area (Å²) in [6.45, 7) is 10.3. The molecule has 0 bridgehead atoms. The Kier molecular flexibility index (Phi) is 5.98. The first-order valence-electron chi connectivity index (χ1n) is 6.48. The first-order valence-corrected chi connectivity index (χ1v) is 6.48. The average molecular weight is 236 g/mol. The van der Waals surface area contributed by atoms with Gasteiger partial charge in [0, 0.05) is 19.3 Å². The summed E-state index contributed by atoms with van der Waals surface area (Å²) in [6, 6.07) is 6.01. The molecule has 2 atom stereocenters. The number of hydrogen-bond donors (Lipinski definition) is 0. The zero-order valence-corrected chi connectivity index (χ0v) is 11.4. The lowest BCUT2D eigenvalue weighted by molar-refractivity contribution is -0.00545. The fraction of sp³-hybridized carbons (Fsp3) is 0.643. The van der Waals surface area contributed by atoms with E-state index >= 15 is 0 Å². The molecule has 96 valence electrons. The van der Waals surface area contributed by atoms with Gasteiger partial charge in [0.15, 0.2) is 0 Å². The Morgan fingerprint density at radius 3 is 2.29 bits per heavy atom. The first-order chi connectivity index (χ1) is 8.17. The number of nitrogens with zero attached hydrogens (tertiary/aromatic N) is 2. The summed E-state index contributed by atoms with van der Waals surface area (Å²) in [7, 11) is 0. The molecule has 3 nitrogen and oxygen atoms in total. The topological polar surface area (TPSA) is 25.4 Å². The Morgan fingerprint density at radius 2 is 1.82 bits per heavy atom. The molecular formula is C14H24N2O. The van der Waals surface area contributed by atoms with Gasteiger partial charge in [-0.15, -0.1) is 0 Å². The lowest BCUT2D eigenvalue weighted by Crippen LogP contribution is -2.45. The van der Waals surface area contributed by atoms with Crippen LogP contribution >= 0.6 is 0 Å². The van der Waals surface area contributed by atoms with Crippen LogP contribution in [0.4, 0.5) is 5.82 Å². The molecule has 1 aliphatic heterocycles. The van der Waals surface area contributed by atoms with Crippen LogP contribution in [0, 0.1) is 0 Å². The van der Waals surface area contributed by atoms with E-state index in [1.807, 2.05) is 24.4 Å². The number of aromatic nitrogens is 1. The maximum absolute atomic E-state index is 5.67. The van der Waals surface area contributed by atoms with Gasteiger partial charge in [0.1, 0.15) is 5.82 Å². The standard InChI is InChI=1S/C11H16N2O.C3H8/c1-9-7-13(8-10(2)14-9)11-5-3-4-6-12-11;1-3-2/h3-6,9-10H,7-8H2,1-2H3;3H2,1-2H3/t9-,10+;. The zero-order chi connectivity index (χ0) is 12.7. The van der Waals surface area contributed by atoms with Crippen molar-refractivity contribution in [3.8, 4) is 0 Å². The monoisotopic (exact) mass is 236 g/mol. The minimum absolute atomic E-state index is 0.292. The molecule has 0 unspecified atom stereocenters. The quantitative estimate of drug-likeness (QED) is 0.749. The van der Waals surface area contributed by atoms with Crippen molar-refractivity contribution in [3.63, 3.8) is 0 Å². The molecule has 2 heterocycles. The molecule has 2 rings (SSSR count). The molecule has 0 aromatic carbocycles. The predicted molar refractivity (Wildman–Crippen MR) is 72.4 cm³/mol. The maximum atomic E-state index is 5.67. The molecule has 1 saturated heterocycles. The number of pyridine rings is 1. The van der Waals surface area contributed by atoms with Gasteiger partial charge in [-0.3, -0.25) is 0 Å². The van der Waals surface area contributed by atoms with Crippen LogP contribution in [0.2, 0.25) is 0 Å². The van der Waals surface area contributed by atoms with Crippen molar-refractivity contribution in [3.05, 3.63) is 24.4 Å². The second kappa shape index (κ2) is 7.28. The minimum Gasteiger partial charge on any atom is -0.372 e. The molecule has 0 aliphatic carbocycles. The minimum atomic E-state index is 0.292. The summed E-state index contributed by atoms with van der Waals surface area (Å²) in [5.41, 5.74) is 0. The van der Waals surface area contributed by atoms with Gasteiger partial charge in [-0.1, -0.05) is 26.3 Å². The molecule has 1 aromatic heterocycles. The van der Waals surface area contributed by atoms with Gasteiger partial charge in [-0.05, 0) is 26.0 Å². The Labute approximate surface area is 105 Å². The summed E-state index contributed by atoms with van der Waals surface area (Å²) in [6.07, 6.45) is 3.67. The van der Waals surface area contributed by atoms with Crippen LogP contribution in [0.3, 0.4) is 0 Å². The van der Waals surface area contributed by atoms with Crippen LogP contribution in [0.1, 0.15) is 34.1 Å². The Bertz CT molecular complexity index is 292. The zero-order valence-electron chi connectivity index (χ0n) is 11.4. The van der Waals surface area contributed by atoms with Gasteiger partial charge >= 0.3 is 0 Å². The van der Waals surface area contributed by atoms with Crippen molar-refractivity contribution in [1.82, 2.24) is 4.98 Å². The fourth-order valence-corrected chi connectivity index (χ4v) is 1.91. The van der Waals surface area contributed by atoms with Gasteiger partial charge < -0.3 is 9.64 Å². The second-order valence-electron chi connectivity index (χ2n) is 4.56. The molecule has 0 saturated carbocycles. The third kappa shape index (κ3) is 4.73. The Balaban J connectivity index is 0.000000437. The van der Waals surface area contributed by atoms with Crippen molar-refractivity contribution < 1.29 is 4.74 Å². The summed E-state index contributed by atoms with van der Waals surface area (Å²) in [5.74, 6) is 1.05. The van der Waals surface area contributed by atoms with E-state index in [-0.39, 0.29) is 0 Å². The summed E-state index contributed by atoms with van der Waals surface area (Å²) in [4.78, 5) is 6.62. The third-order valence-electron chi connectivity index (χ3n) is 2.39. The van der Waals surface area contributed by atoms with Gasteiger partial charge in [0.2, 0.25) is 0 Å². The van der Waals surface area contributed by atoms with Crippen molar-refractivity contribution in [2.45, 2.75) is 46.3 Å². The molecule has 0 spiro atoms. The smallest absolute Gasteiger partial charge is 0.128 e. The second-order valence-corrected chi connectivity index (χ2v) is 4.56. The van der Waals surface area contributed by atoms with Crippen LogP contribution in [0.25, 0.3) is 0 Å². The average Bonchev–Trinajstić information content (AvgIpc) is 2.30. The number of rotatable bonds is 1. The van der Waals surface area contributed by atoms with Gasteiger partial charge in [-0.2, -0.15) is 0 Å². The van der Waals surface area contributed by atoms with E-state index in [0.29, 0.717) is 12.2 Å². The number of morpholine rings is 1. The van der Waals surface area contributed by atoms with Crippen molar-refractivity contribution in [2.24, 2.45) is 0 Å². The van der Waals surface area contributed by atoms with E-state index in [4.69, 9.17) is 4.74 Å². The van der Waals surface area contributed by atoms with Crippen LogP contribution in [-0.4, -0.2) is 30.3 Å². The van der Waals surface area contributed by atoms with Crippen LogP contribution in [-0.2, 0) is 4.74 Å². The van der Waals surface area contributed by atoms with Crippen molar-refractivity contribution in [1.29, 1.82) is 0 Å². The number of ether oxygens (including phenoxy) is 1. The first kappa shape index (κ1) is 14.0. The lowest BCUT2D eigenvalue weighted by atomic mass is 10.2. The van der Waals surface area contributed by atoms with E-state index in [0.717, 1.165) is 18.9 Å². The predicted octanol–water partition coefficient (Wildman–Crippen LogP) is 3.11. The highest BCUT2D eigenvalue weighted by Gasteiger charge is 2.22. The SMILES string of the molecule is CCC.C[C@@H]1CN(c2ccccn2)C[C@H](C)O1. The van der Waals surface area contributed by atoms with Gasteiger partial charge in [-0.25, -0.2) is 4.98 Å². The summed E-state index contributed by atoms with van der Waals surface area (Å²) in [5, 5.41) is 0. The van der Waals surface area contributed by atoms with Crippen LogP contribution in [0.15, 0.2) is 24.4 Å².